The van der Waals surface area contributed by atoms with Gasteiger partial charge >= 0.3 is 5.97 Å². The molecule has 1 aromatic rings. The van der Waals surface area contributed by atoms with E-state index in [9.17, 15) is 9.59 Å². The lowest BCUT2D eigenvalue weighted by molar-refractivity contribution is -0.141. The van der Waals surface area contributed by atoms with Crippen LogP contribution in [0.3, 0.4) is 0 Å². The second kappa shape index (κ2) is 6.69. The van der Waals surface area contributed by atoms with Crippen LogP contribution >= 0.6 is 0 Å². The Morgan fingerprint density at radius 3 is 2.10 bits per heavy atom. The van der Waals surface area contributed by atoms with Crippen molar-refractivity contribution in [3.63, 3.8) is 0 Å². The Balaban J connectivity index is 2.72. The van der Waals surface area contributed by atoms with Gasteiger partial charge in [0.15, 0.2) is 0 Å². The minimum atomic E-state index is -0.442. The van der Waals surface area contributed by atoms with E-state index in [0.29, 0.717) is 5.75 Å². The van der Waals surface area contributed by atoms with Gasteiger partial charge in [0.2, 0.25) is 0 Å². The number of esters is 1. The lowest BCUT2D eigenvalue weighted by Crippen LogP contribution is -2.33. The third-order valence-corrected chi connectivity index (χ3v) is 3.24. The van der Waals surface area contributed by atoms with Gasteiger partial charge < -0.3 is 4.74 Å². The second-order valence-corrected chi connectivity index (χ2v) is 6.46. The molecule has 0 amide bonds. The predicted octanol–water partition coefficient (Wildman–Crippen LogP) is 3.87. The fourth-order valence-electron chi connectivity index (χ4n) is 2.03. The summed E-state index contributed by atoms with van der Waals surface area (Å²) in [6, 6.07) is 8.94. The van der Waals surface area contributed by atoms with Crippen LogP contribution in [0, 0.1) is 17.3 Å². The molecule has 0 aliphatic carbocycles. The van der Waals surface area contributed by atoms with Crippen molar-refractivity contribution in [1.29, 1.82) is 0 Å². The summed E-state index contributed by atoms with van der Waals surface area (Å²) in [4.78, 5) is 24.4. The lowest BCUT2D eigenvalue weighted by Gasteiger charge is -2.26. The van der Waals surface area contributed by atoms with Crippen LogP contribution in [0.5, 0.6) is 5.75 Å². The maximum Gasteiger partial charge on any atom is 0.311 e. The molecule has 0 heterocycles. The van der Waals surface area contributed by atoms with Crippen LogP contribution in [0.25, 0.3) is 0 Å². The van der Waals surface area contributed by atoms with Crippen LogP contribution in [-0.4, -0.2) is 11.8 Å². The molecule has 3 heteroatoms. The summed E-state index contributed by atoms with van der Waals surface area (Å²) in [5, 5.41) is 0. The van der Waals surface area contributed by atoms with Crippen LogP contribution in [-0.2, 0) is 9.59 Å². The Morgan fingerprint density at radius 1 is 1.10 bits per heavy atom. The molecule has 0 saturated heterocycles. The van der Waals surface area contributed by atoms with Gasteiger partial charge in [0, 0.05) is 11.3 Å². The fourth-order valence-corrected chi connectivity index (χ4v) is 2.03. The van der Waals surface area contributed by atoms with Crippen molar-refractivity contribution in [3.8, 4) is 5.75 Å². The van der Waals surface area contributed by atoms with E-state index in [2.05, 4.69) is 0 Å². The van der Waals surface area contributed by atoms with Crippen LogP contribution in [0.1, 0.15) is 41.0 Å². The highest BCUT2D eigenvalue weighted by Crippen LogP contribution is 2.28. The molecule has 1 atom stereocenters. The summed E-state index contributed by atoms with van der Waals surface area (Å²) < 4.78 is 5.27. The first kappa shape index (κ1) is 16.4. The van der Waals surface area contributed by atoms with Gasteiger partial charge in [-0.05, 0) is 18.1 Å². The standard InChI is InChI=1S/C17H24O3/c1-12(2)14(16(19)17(3,4)5)11-15(18)20-13-9-7-6-8-10-13/h6-10,12,14H,11H2,1-5H3/t14-/m0/s1. The topological polar surface area (TPSA) is 43.4 Å². The van der Waals surface area contributed by atoms with E-state index in [-0.39, 0.29) is 30.0 Å². The zero-order valence-corrected chi connectivity index (χ0v) is 13.0. The molecule has 1 aromatic carbocycles. The number of carbonyl (C=O) groups excluding carboxylic acids is 2. The molecular formula is C17H24O3. The maximum absolute atomic E-state index is 12.4. The predicted molar refractivity (Wildman–Crippen MR) is 79.5 cm³/mol. The van der Waals surface area contributed by atoms with Gasteiger partial charge in [0.05, 0.1) is 6.42 Å². The van der Waals surface area contributed by atoms with Gasteiger partial charge in [0.25, 0.3) is 0 Å². The molecule has 0 bridgehead atoms. The van der Waals surface area contributed by atoms with E-state index in [0.717, 1.165) is 0 Å². The number of carbonyl (C=O) groups is 2. The van der Waals surface area contributed by atoms with Crippen molar-refractivity contribution in [3.05, 3.63) is 30.3 Å². The van der Waals surface area contributed by atoms with Crippen LogP contribution < -0.4 is 4.74 Å². The fraction of sp³-hybridized carbons (Fsp3) is 0.529. The summed E-state index contributed by atoms with van der Waals surface area (Å²) in [5.74, 6) is 0.0875. The van der Waals surface area contributed by atoms with Crippen LogP contribution in [0.4, 0.5) is 0 Å². The quantitative estimate of drug-likeness (QED) is 0.605. The molecule has 0 aromatic heterocycles. The molecule has 1 rings (SSSR count). The number of Topliss-reactive ketones (excluding diaryl/α,β-unsaturated/α-hetero) is 1. The number of benzene rings is 1. The lowest BCUT2D eigenvalue weighted by atomic mass is 9.77. The molecule has 0 aliphatic rings. The Hall–Kier alpha value is -1.64. The monoisotopic (exact) mass is 276 g/mol. The van der Waals surface area contributed by atoms with Crippen molar-refractivity contribution in [2.24, 2.45) is 17.3 Å². The molecule has 0 spiro atoms. The normalized spacial score (nSPS) is 13.1. The molecule has 0 radical (unpaired) electrons. The van der Waals surface area contributed by atoms with Gasteiger partial charge in [0.1, 0.15) is 11.5 Å². The van der Waals surface area contributed by atoms with Crippen molar-refractivity contribution in [2.45, 2.75) is 41.0 Å². The second-order valence-electron chi connectivity index (χ2n) is 6.46. The van der Waals surface area contributed by atoms with E-state index in [1.54, 1.807) is 12.1 Å². The van der Waals surface area contributed by atoms with Crippen LogP contribution in [0.2, 0.25) is 0 Å². The first-order valence-electron chi connectivity index (χ1n) is 7.02. The molecule has 0 aliphatic heterocycles. The third-order valence-electron chi connectivity index (χ3n) is 3.24. The third kappa shape index (κ3) is 4.80. The van der Waals surface area contributed by atoms with Gasteiger partial charge in [-0.25, -0.2) is 0 Å². The smallest absolute Gasteiger partial charge is 0.311 e. The van der Waals surface area contributed by atoms with E-state index >= 15 is 0 Å². The first-order chi connectivity index (χ1) is 9.21. The summed E-state index contributed by atoms with van der Waals surface area (Å²) in [6.45, 7) is 9.57. The summed E-state index contributed by atoms with van der Waals surface area (Å²) in [5.41, 5.74) is -0.442. The summed E-state index contributed by atoms with van der Waals surface area (Å²) in [7, 11) is 0. The van der Waals surface area contributed by atoms with E-state index in [1.165, 1.54) is 0 Å². The van der Waals surface area contributed by atoms with Gasteiger partial charge in [-0.15, -0.1) is 0 Å². The van der Waals surface area contributed by atoms with Crippen molar-refractivity contribution in [1.82, 2.24) is 0 Å². The van der Waals surface area contributed by atoms with Crippen molar-refractivity contribution in [2.75, 3.05) is 0 Å². The molecule has 0 unspecified atom stereocenters. The number of hydrogen-bond acceptors (Lipinski definition) is 3. The summed E-state index contributed by atoms with van der Waals surface area (Å²) in [6.07, 6.45) is 0.128. The molecule has 0 N–H and O–H groups in total. The first-order valence-corrected chi connectivity index (χ1v) is 7.02. The highest BCUT2D eigenvalue weighted by atomic mass is 16.5. The highest BCUT2D eigenvalue weighted by Gasteiger charge is 2.33. The zero-order valence-electron chi connectivity index (χ0n) is 13.0. The SMILES string of the molecule is CC(C)[C@H](CC(=O)Oc1ccccc1)C(=O)C(C)(C)C. The average molecular weight is 276 g/mol. The van der Waals surface area contributed by atoms with E-state index in [4.69, 9.17) is 4.74 Å². The Labute approximate surface area is 121 Å². The van der Waals surface area contributed by atoms with Crippen molar-refractivity contribution >= 4 is 11.8 Å². The molecule has 110 valence electrons. The zero-order chi connectivity index (χ0) is 15.3. The Bertz CT molecular complexity index is 455. The molecule has 0 saturated carbocycles. The minimum Gasteiger partial charge on any atom is -0.427 e. The Kier molecular flexibility index (Phi) is 5.49. The summed E-state index contributed by atoms with van der Waals surface area (Å²) >= 11 is 0. The number of para-hydroxylation sites is 1. The Morgan fingerprint density at radius 2 is 1.65 bits per heavy atom. The average Bonchev–Trinajstić information content (AvgIpc) is 2.35. The van der Waals surface area contributed by atoms with Crippen LogP contribution in [0.15, 0.2) is 30.3 Å². The number of hydrogen-bond donors (Lipinski definition) is 0. The van der Waals surface area contributed by atoms with E-state index in [1.807, 2.05) is 52.8 Å². The number of ether oxygens (including phenoxy) is 1. The molecule has 20 heavy (non-hydrogen) atoms. The molecular weight excluding hydrogens is 252 g/mol. The van der Waals surface area contributed by atoms with Gasteiger partial charge in [-0.2, -0.15) is 0 Å². The van der Waals surface area contributed by atoms with Crippen molar-refractivity contribution < 1.29 is 14.3 Å². The number of ketones is 1. The molecule has 0 fully saturated rings. The van der Waals surface area contributed by atoms with Gasteiger partial charge in [-0.3, -0.25) is 9.59 Å². The van der Waals surface area contributed by atoms with E-state index < -0.39 is 5.41 Å². The van der Waals surface area contributed by atoms with Gasteiger partial charge in [-0.1, -0.05) is 52.8 Å². The number of rotatable bonds is 5. The molecule has 3 nitrogen and oxygen atoms in total. The largest absolute Gasteiger partial charge is 0.427 e. The highest BCUT2D eigenvalue weighted by molar-refractivity contribution is 5.89. The minimum absolute atomic E-state index is 0.109. The maximum atomic E-state index is 12.4.